The molecule has 0 unspecified atom stereocenters. The lowest BCUT2D eigenvalue weighted by molar-refractivity contribution is -0.138. The van der Waals surface area contributed by atoms with E-state index in [-0.39, 0.29) is 5.56 Å². The van der Waals surface area contributed by atoms with Gasteiger partial charge in [0.2, 0.25) is 0 Å². The molecule has 0 saturated heterocycles. The molecule has 0 radical (unpaired) electrons. The number of aromatic nitrogens is 2. The van der Waals surface area contributed by atoms with E-state index in [2.05, 4.69) is 10.2 Å². The van der Waals surface area contributed by atoms with E-state index in [1.165, 1.54) is 35.2 Å². The molecule has 2 rings (SSSR count). The third-order valence-electron chi connectivity index (χ3n) is 2.32. The first kappa shape index (κ1) is 15.6. The van der Waals surface area contributed by atoms with Gasteiger partial charge in [0.1, 0.15) is 0 Å². The zero-order chi connectivity index (χ0) is 14.8. The predicted molar refractivity (Wildman–Crippen MR) is 73.2 cm³/mol. The van der Waals surface area contributed by atoms with Crippen LogP contribution in [0, 0.1) is 0 Å². The van der Waals surface area contributed by atoms with Crippen LogP contribution in [0.5, 0.6) is 0 Å². The lowest BCUT2D eigenvalue weighted by Crippen LogP contribution is -2.09. The number of aliphatic hydroxyl groups excluding tert-OH is 1. The lowest BCUT2D eigenvalue weighted by atomic mass is 10.1. The van der Waals surface area contributed by atoms with E-state index in [1.807, 2.05) is 6.26 Å². The topological polar surface area (TPSA) is 46.0 Å². The minimum Gasteiger partial charge on any atom is -0.392 e. The van der Waals surface area contributed by atoms with Gasteiger partial charge < -0.3 is 5.11 Å². The van der Waals surface area contributed by atoms with E-state index in [0.29, 0.717) is 9.24 Å². The summed E-state index contributed by atoms with van der Waals surface area (Å²) in [4.78, 5) is 0.415. The number of aliphatic hydroxyl groups is 1. The van der Waals surface area contributed by atoms with Crippen LogP contribution in [-0.4, -0.2) is 21.6 Å². The van der Waals surface area contributed by atoms with E-state index < -0.39 is 18.3 Å². The fraction of sp³-hybridized carbons (Fsp3) is 0.273. The van der Waals surface area contributed by atoms with Crippen LogP contribution in [0.1, 0.15) is 11.1 Å². The Hall–Kier alpha value is -0.770. The molecule has 3 nitrogen and oxygen atoms in total. The number of halogens is 3. The number of thioether (sulfide) groups is 1. The SMILES string of the molecule is CSc1nnc(Sc2ccc(CO)c(C(F)(F)F)c2)s1. The molecule has 0 saturated carbocycles. The van der Waals surface area contributed by atoms with Gasteiger partial charge in [0, 0.05) is 4.90 Å². The highest BCUT2D eigenvalue weighted by Crippen LogP contribution is 2.38. The molecule has 0 aliphatic heterocycles. The molecule has 0 aliphatic rings. The maximum absolute atomic E-state index is 12.9. The van der Waals surface area contributed by atoms with Gasteiger partial charge in [-0.3, -0.25) is 0 Å². The van der Waals surface area contributed by atoms with Gasteiger partial charge in [-0.1, -0.05) is 40.9 Å². The van der Waals surface area contributed by atoms with Crippen molar-refractivity contribution in [3.8, 4) is 0 Å². The van der Waals surface area contributed by atoms with Crippen LogP contribution >= 0.6 is 34.9 Å². The van der Waals surface area contributed by atoms with E-state index in [4.69, 9.17) is 5.11 Å². The van der Waals surface area contributed by atoms with Crippen LogP contribution in [-0.2, 0) is 12.8 Å². The lowest BCUT2D eigenvalue weighted by Gasteiger charge is -2.12. The molecule has 20 heavy (non-hydrogen) atoms. The Morgan fingerprint density at radius 1 is 1.25 bits per heavy atom. The minimum absolute atomic E-state index is 0.135. The highest BCUT2D eigenvalue weighted by atomic mass is 32.2. The maximum Gasteiger partial charge on any atom is 0.416 e. The average Bonchev–Trinajstić information content (AvgIpc) is 2.85. The van der Waals surface area contributed by atoms with Crippen molar-refractivity contribution >= 4 is 34.9 Å². The molecule has 0 aliphatic carbocycles. The Kier molecular flexibility index (Phi) is 4.95. The van der Waals surface area contributed by atoms with Gasteiger partial charge >= 0.3 is 6.18 Å². The third-order valence-corrected chi connectivity index (χ3v) is 5.26. The van der Waals surface area contributed by atoms with Gasteiger partial charge in [0.25, 0.3) is 0 Å². The highest BCUT2D eigenvalue weighted by Gasteiger charge is 2.33. The fourth-order valence-corrected chi connectivity index (χ4v) is 3.89. The second-order valence-electron chi connectivity index (χ2n) is 3.61. The molecule has 9 heteroatoms. The predicted octanol–water partition coefficient (Wildman–Crippen LogP) is 3.92. The zero-order valence-electron chi connectivity index (χ0n) is 10.1. The second-order valence-corrected chi connectivity index (χ2v) is 6.97. The normalized spacial score (nSPS) is 11.8. The summed E-state index contributed by atoms with van der Waals surface area (Å²) in [5.41, 5.74) is -0.955. The summed E-state index contributed by atoms with van der Waals surface area (Å²) in [7, 11) is 0. The summed E-state index contributed by atoms with van der Waals surface area (Å²) in [5, 5.41) is 16.7. The largest absolute Gasteiger partial charge is 0.416 e. The van der Waals surface area contributed by atoms with Gasteiger partial charge in [-0.25, -0.2) is 0 Å². The quantitative estimate of drug-likeness (QED) is 0.856. The van der Waals surface area contributed by atoms with Crippen LogP contribution < -0.4 is 0 Å². The fourth-order valence-electron chi connectivity index (χ4n) is 1.44. The molecule has 108 valence electrons. The van der Waals surface area contributed by atoms with Crippen molar-refractivity contribution < 1.29 is 18.3 Å². The first-order chi connectivity index (χ1) is 9.44. The first-order valence-electron chi connectivity index (χ1n) is 5.30. The van der Waals surface area contributed by atoms with E-state index in [1.54, 1.807) is 0 Å². The molecular weight excluding hydrogens is 329 g/mol. The molecule has 1 aromatic heterocycles. The Bertz CT molecular complexity index is 601. The van der Waals surface area contributed by atoms with Gasteiger partial charge in [0.15, 0.2) is 8.68 Å². The summed E-state index contributed by atoms with van der Waals surface area (Å²) in [5.74, 6) is 0. The number of hydrogen-bond acceptors (Lipinski definition) is 6. The van der Waals surface area contributed by atoms with Crippen molar-refractivity contribution in [2.24, 2.45) is 0 Å². The molecule has 1 aromatic carbocycles. The molecule has 2 aromatic rings. The number of benzene rings is 1. The molecule has 1 heterocycles. The van der Waals surface area contributed by atoms with Crippen molar-refractivity contribution in [3.63, 3.8) is 0 Å². The molecule has 0 atom stereocenters. The van der Waals surface area contributed by atoms with Crippen molar-refractivity contribution in [2.45, 2.75) is 26.4 Å². The molecular formula is C11H9F3N2OS3. The van der Waals surface area contributed by atoms with Crippen LogP contribution in [0.25, 0.3) is 0 Å². The van der Waals surface area contributed by atoms with E-state index in [9.17, 15) is 13.2 Å². The number of hydrogen-bond donors (Lipinski definition) is 1. The minimum atomic E-state index is -4.49. The summed E-state index contributed by atoms with van der Waals surface area (Å²) < 4.78 is 39.9. The monoisotopic (exact) mass is 338 g/mol. The van der Waals surface area contributed by atoms with Gasteiger partial charge in [-0.15, -0.1) is 10.2 Å². The molecule has 0 fully saturated rings. The van der Waals surface area contributed by atoms with Gasteiger partial charge in [-0.05, 0) is 24.0 Å². The summed E-state index contributed by atoms with van der Waals surface area (Å²) in [6.07, 6.45) is -2.63. The van der Waals surface area contributed by atoms with Crippen LogP contribution in [0.3, 0.4) is 0 Å². The van der Waals surface area contributed by atoms with Crippen LogP contribution in [0.4, 0.5) is 13.2 Å². The molecule has 0 spiro atoms. The second kappa shape index (κ2) is 6.33. The number of rotatable bonds is 4. The molecule has 1 N–H and O–H groups in total. The Balaban J connectivity index is 2.29. The van der Waals surface area contributed by atoms with Crippen molar-refractivity contribution in [2.75, 3.05) is 6.26 Å². The molecule has 0 bridgehead atoms. The van der Waals surface area contributed by atoms with Gasteiger partial charge in [0.05, 0.1) is 12.2 Å². The van der Waals surface area contributed by atoms with Gasteiger partial charge in [-0.2, -0.15) is 13.2 Å². The highest BCUT2D eigenvalue weighted by molar-refractivity contribution is 8.03. The van der Waals surface area contributed by atoms with Crippen LogP contribution in [0.15, 0.2) is 31.8 Å². The molecule has 0 amide bonds. The number of nitrogens with zero attached hydrogens (tertiary/aromatic N) is 2. The Morgan fingerprint density at radius 2 is 1.95 bits per heavy atom. The van der Waals surface area contributed by atoms with Crippen molar-refractivity contribution in [3.05, 3.63) is 29.3 Å². The average molecular weight is 338 g/mol. The standard InChI is InChI=1S/C11H9F3N2OS3/c1-18-9-15-16-10(20-9)19-7-3-2-6(5-17)8(4-7)11(12,13)14/h2-4,17H,5H2,1H3. The summed E-state index contributed by atoms with van der Waals surface area (Å²) in [6, 6.07) is 3.84. The first-order valence-corrected chi connectivity index (χ1v) is 8.16. The van der Waals surface area contributed by atoms with Crippen molar-refractivity contribution in [1.29, 1.82) is 0 Å². The third kappa shape index (κ3) is 3.66. The zero-order valence-corrected chi connectivity index (χ0v) is 12.6. The number of alkyl halides is 3. The van der Waals surface area contributed by atoms with Crippen molar-refractivity contribution in [1.82, 2.24) is 10.2 Å². The maximum atomic E-state index is 12.9. The Labute approximate surface area is 125 Å². The summed E-state index contributed by atoms with van der Waals surface area (Å²) >= 11 is 3.88. The van der Waals surface area contributed by atoms with E-state index in [0.717, 1.165) is 22.2 Å². The Morgan fingerprint density at radius 3 is 2.50 bits per heavy atom. The van der Waals surface area contributed by atoms with E-state index >= 15 is 0 Å². The van der Waals surface area contributed by atoms with Crippen LogP contribution in [0.2, 0.25) is 0 Å². The smallest absolute Gasteiger partial charge is 0.392 e. The summed E-state index contributed by atoms with van der Waals surface area (Å²) in [6.45, 7) is -0.644.